The molecule has 2 fully saturated rings. The van der Waals surface area contributed by atoms with Gasteiger partial charge in [0.2, 0.25) is 5.91 Å². The molecule has 2 aliphatic rings. The van der Waals surface area contributed by atoms with Gasteiger partial charge in [0.25, 0.3) is 0 Å². The summed E-state index contributed by atoms with van der Waals surface area (Å²) in [5.74, 6) is 1.28. The molecule has 1 aliphatic heterocycles. The largest absolute Gasteiger partial charge is 0.497 e. The first-order chi connectivity index (χ1) is 11.7. The van der Waals surface area contributed by atoms with Gasteiger partial charge < -0.3 is 19.5 Å². The number of carbonyl (C=O) groups is 1. The van der Waals surface area contributed by atoms with Crippen molar-refractivity contribution in [1.29, 1.82) is 0 Å². The molecule has 24 heavy (non-hydrogen) atoms. The van der Waals surface area contributed by atoms with Gasteiger partial charge in [0.05, 0.1) is 39.2 Å². The second-order valence-electron chi connectivity index (χ2n) is 6.35. The van der Waals surface area contributed by atoms with Gasteiger partial charge in [-0.1, -0.05) is 12.8 Å². The number of nitrogens with zero attached hydrogens (tertiary/aromatic N) is 1. The van der Waals surface area contributed by atoms with Crippen LogP contribution in [0.25, 0.3) is 0 Å². The van der Waals surface area contributed by atoms with E-state index in [2.05, 4.69) is 10.2 Å². The van der Waals surface area contributed by atoms with Crippen molar-refractivity contribution in [2.24, 2.45) is 0 Å². The molecule has 0 unspecified atom stereocenters. The molecule has 1 aromatic rings. The van der Waals surface area contributed by atoms with E-state index in [1.54, 1.807) is 26.4 Å². The van der Waals surface area contributed by atoms with Crippen molar-refractivity contribution in [1.82, 2.24) is 4.90 Å². The second-order valence-corrected chi connectivity index (χ2v) is 6.35. The first-order valence-corrected chi connectivity index (χ1v) is 8.59. The highest BCUT2D eigenvalue weighted by atomic mass is 16.5. The third kappa shape index (κ3) is 3.82. The molecular weight excluding hydrogens is 308 g/mol. The number of amides is 1. The van der Waals surface area contributed by atoms with E-state index < -0.39 is 0 Å². The van der Waals surface area contributed by atoms with Gasteiger partial charge in [0.15, 0.2) is 0 Å². The second kappa shape index (κ2) is 7.85. The summed E-state index contributed by atoms with van der Waals surface area (Å²) in [6, 6.07) is 5.74. The fourth-order valence-electron chi connectivity index (χ4n) is 3.66. The normalized spacial score (nSPS) is 24.1. The number of anilines is 1. The maximum atomic E-state index is 12.5. The van der Waals surface area contributed by atoms with Gasteiger partial charge in [-0.25, -0.2) is 0 Å². The molecule has 0 bridgehead atoms. The van der Waals surface area contributed by atoms with Gasteiger partial charge in [-0.15, -0.1) is 0 Å². The first kappa shape index (κ1) is 17.0. The third-order valence-electron chi connectivity index (χ3n) is 4.87. The van der Waals surface area contributed by atoms with Crippen LogP contribution >= 0.6 is 0 Å². The van der Waals surface area contributed by atoms with Crippen molar-refractivity contribution in [2.75, 3.05) is 39.2 Å². The summed E-state index contributed by atoms with van der Waals surface area (Å²) >= 11 is 0. The minimum absolute atomic E-state index is 0.0345. The van der Waals surface area contributed by atoms with Crippen molar-refractivity contribution in [3.05, 3.63) is 18.2 Å². The Morgan fingerprint density at radius 3 is 2.92 bits per heavy atom. The average Bonchev–Trinajstić information content (AvgIpc) is 2.62. The van der Waals surface area contributed by atoms with Crippen molar-refractivity contribution < 1.29 is 19.0 Å². The van der Waals surface area contributed by atoms with Crippen LogP contribution in [-0.4, -0.2) is 56.9 Å². The fraction of sp³-hybridized carbons (Fsp3) is 0.611. The Morgan fingerprint density at radius 2 is 2.12 bits per heavy atom. The van der Waals surface area contributed by atoms with Crippen molar-refractivity contribution >= 4 is 11.6 Å². The van der Waals surface area contributed by atoms with E-state index >= 15 is 0 Å². The Labute approximate surface area is 143 Å². The molecule has 0 spiro atoms. The molecule has 0 radical (unpaired) electrons. The van der Waals surface area contributed by atoms with Gasteiger partial charge in [0, 0.05) is 18.7 Å². The van der Waals surface area contributed by atoms with E-state index in [1.807, 2.05) is 6.07 Å². The molecule has 0 aromatic heterocycles. The lowest BCUT2D eigenvalue weighted by Crippen LogP contribution is -2.54. The fourth-order valence-corrected chi connectivity index (χ4v) is 3.66. The van der Waals surface area contributed by atoms with Crippen LogP contribution in [-0.2, 0) is 9.53 Å². The van der Waals surface area contributed by atoms with Crippen LogP contribution in [0, 0.1) is 0 Å². The molecule has 1 amide bonds. The standard InChI is InChI=1S/C18H26N2O4/c1-22-13-7-8-16(23-2)14(11-13)19-18(21)12-20-9-10-24-17-6-4-3-5-15(17)20/h7-8,11,15,17H,3-6,9-10,12H2,1-2H3,(H,19,21)/t15-,17+/m1/s1. The van der Waals surface area contributed by atoms with Gasteiger partial charge in [-0.2, -0.15) is 0 Å². The molecule has 1 N–H and O–H groups in total. The lowest BCUT2D eigenvalue weighted by Gasteiger charge is -2.43. The first-order valence-electron chi connectivity index (χ1n) is 8.59. The van der Waals surface area contributed by atoms with E-state index in [0.717, 1.165) is 19.4 Å². The Bertz CT molecular complexity index is 576. The number of rotatable bonds is 5. The summed E-state index contributed by atoms with van der Waals surface area (Å²) in [7, 11) is 3.19. The molecule has 1 aromatic carbocycles. The molecule has 1 saturated heterocycles. The molecular formula is C18H26N2O4. The number of methoxy groups -OCH3 is 2. The van der Waals surface area contributed by atoms with E-state index in [1.165, 1.54) is 12.8 Å². The monoisotopic (exact) mass is 334 g/mol. The minimum atomic E-state index is -0.0345. The van der Waals surface area contributed by atoms with E-state index in [9.17, 15) is 4.79 Å². The molecule has 132 valence electrons. The lowest BCUT2D eigenvalue weighted by atomic mass is 9.90. The molecule has 6 heteroatoms. The maximum Gasteiger partial charge on any atom is 0.238 e. The molecule has 1 heterocycles. The molecule has 2 atom stereocenters. The van der Waals surface area contributed by atoms with E-state index in [0.29, 0.717) is 36.4 Å². The zero-order valence-electron chi connectivity index (χ0n) is 14.4. The van der Waals surface area contributed by atoms with Crippen LogP contribution in [0.3, 0.4) is 0 Å². The lowest BCUT2D eigenvalue weighted by molar-refractivity contribution is -0.124. The summed E-state index contributed by atoms with van der Waals surface area (Å²) in [5, 5.41) is 2.95. The average molecular weight is 334 g/mol. The van der Waals surface area contributed by atoms with E-state index in [-0.39, 0.29) is 12.0 Å². The molecule has 1 aliphatic carbocycles. The quantitative estimate of drug-likeness (QED) is 0.895. The van der Waals surface area contributed by atoms with Gasteiger partial charge in [-0.3, -0.25) is 9.69 Å². The van der Waals surface area contributed by atoms with E-state index in [4.69, 9.17) is 14.2 Å². The Kier molecular flexibility index (Phi) is 5.58. The summed E-state index contributed by atoms with van der Waals surface area (Å²) in [5.41, 5.74) is 0.635. The molecule has 3 rings (SSSR count). The maximum absolute atomic E-state index is 12.5. The Balaban J connectivity index is 1.65. The highest BCUT2D eigenvalue weighted by Gasteiger charge is 2.34. The van der Waals surface area contributed by atoms with Gasteiger partial charge in [0.1, 0.15) is 11.5 Å². The van der Waals surface area contributed by atoms with Crippen LogP contribution in [0.15, 0.2) is 18.2 Å². The highest BCUT2D eigenvalue weighted by Crippen LogP contribution is 2.30. The Hall–Kier alpha value is -1.79. The van der Waals surface area contributed by atoms with Gasteiger partial charge >= 0.3 is 0 Å². The number of ether oxygens (including phenoxy) is 3. The van der Waals surface area contributed by atoms with Crippen LogP contribution in [0.4, 0.5) is 5.69 Å². The zero-order chi connectivity index (χ0) is 16.9. The number of carbonyl (C=O) groups excluding carboxylic acids is 1. The summed E-state index contributed by atoms with van der Waals surface area (Å²) in [6.07, 6.45) is 4.94. The highest BCUT2D eigenvalue weighted by molar-refractivity contribution is 5.94. The molecule has 6 nitrogen and oxygen atoms in total. The minimum Gasteiger partial charge on any atom is -0.497 e. The van der Waals surface area contributed by atoms with Crippen LogP contribution < -0.4 is 14.8 Å². The SMILES string of the molecule is COc1ccc(OC)c(NC(=O)CN2CCO[C@H]3CCCC[C@H]32)c1. The van der Waals surface area contributed by atoms with Crippen LogP contribution in [0.1, 0.15) is 25.7 Å². The molecule has 1 saturated carbocycles. The zero-order valence-corrected chi connectivity index (χ0v) is 14.4. The summed E-state index contributed by atoms with van der Waals surface area (Å²) in [4.78, 5) is 14.8. The van der Waals surface area contributed by atoms with Gasteiger partial charge in [-0.05, 0) is 25.0 Å². The van der Waals surface area contributed by atoms with Crippen molar-refractivity contribution in [3.63, 3.8) is 0 Å². The summed E-state index contributed by atoms with van der Waals surface area (Å²) < 4.78 is 16.4. The summed E-state index contributed by atoms with van der Waals surface area (Å²) in [6.45, 7) is 1.89. The topological polar surface area (TPSA) is 60.0 Å². The van der Waals surface area contributed by atoms with Crippen LogP contribution in [0.5, 0.6) is 11.5 Å². The number of benzene rings is 1. The third-order valence-corrected chi connectivity index (χ3v) is 4.87. The predicted molar refractivity (Wildman–Crippen MR) is 91.7 cm³/mol. The van der Waals surface area contributed by atoms with Crippen molar-refractivity contribution in [3.8, 4) is 11.5 Å². The number of hydrogen-bond donors (Lipinski definition) is 1. The number of fused-ring (bicyclic) bond motifs is 1. The smallest absolute Gasteiger partial charge is 0.238 e. The number of hydrogen-bond acceptors (Lipinski definition) is 5. The predicted octanol–water partition coefficient (Wildman–Crippen LogP) is 2.29. The Morgan fingerprint density at radius 1 is 1.29 bits per heavy atom. The van der Waals surface area contributed by atoms with Crippen LogP contribution in [0.2, 0.25) is 0 Å². The number of morpholine rings is 1. The number of nitrogens with one attached hydrogen (secondary N) is 1. The van der Waals surface area contributed by atoms with Crippen molar-refractivity contribution in [2.45, 2.75) is 37.8 Å².